The third-order valence-electron chi connectivity index (χ3n) is 4.82. The Morgan fingerprint density at radius 2 is 2.24 bits per heavy atom. The van der Waals surface area contributed by atoms with Crippen molar-refractivity contribution in [2.24, 2.45) is 11.8 Å². The number of nitrogens with one attached hydrogen (secondary N) is 2. The monoisotopic (exact) mass is 379 g/mol. The summed E-state index contributed by atoms with van der Waals surface area (Å²) < 4.78 is 0. The van der Waals surface area contributed by atoms with Gasteiger partial charge in [0.15, 0.2) is 5.13 Å². The van der Waals surface area contributed by atoms with E-state index in [1.165, 1.54) is 29.7 Å². The van der Waals surface area contributed by atoms with Crippen LogP contribution in [0.25, 0.3) is 11.3 Å². The van der Waals surface area contributed by atoms with Gasteiger partial charge < -0.3 is 10.6 Å². The lowest BCUT2D eigenvalue weighted by molar-refractivity contribution is -0.117. The summed E-state index contributed by atoms with van der Waals surface area (Å²) in [5.41, 5.74) is 3.24. The van der Waals surface area contributed by atoms with E-state index in [-0.39, 0.29) is 18.3 Å². The summed E-state index contributed by atoms with van der Waals surface area (Å²) in [7, 11) is 0. The molecule has 25 heavy (non-hydrogen) atoms. The number of rotatable bonds is 5. The van der Waals surface area contributed by atoms with Gasteiger partial charge in [-0.25, -0.2) is 4.98 Å². The molecule has 1 aliphatic heterocycles. The Labute approximate surface area is 159 Å². The Kier molecular flexibility index (Phi) is 7.41. The molecule has 2 N–H and O–H groups in total. The molecule has 2 aromatic rings. The molecule has 0 bridgehead atoms. The SMILES string of the molecule is Cc1ccccc1-c1csc(NC(=O)CC(C)C2CCCNC2)n1.Cl. The predicted molar refractivity (Wildman–Crippen MR) is 108 cm³/mol. The van der Waals surface area contributed by atoms with Gasteiger partial charge in [0, 0.05) is 17.4 Å². The zero-order valence-corrected chi connectivity index (χ0v) is 16.4. The molecule has 3 rings (SSSR count). The molecular formula is C19H26ClN3OS. The molecule has 0 radical (unpaired) electrons. The maximum absolute atomic E-state index is 12.3. The largest absolute Gasteiger partial charge is 0.316 e. The molecule has 4 nitrogen and oxygen atoms in total. The molecule has 1 aromatic carbocycles. The molecule has 136 valence electrons. The van der Waals surface area contributed by atoms with E-state index in [1.807, 2.05) is 17.5 Å². The second-order valence-electron chi connectivity index (χ2n) is 6.69. The number of halogens is 1. The Morgan fingerprint density at radius 3 is 2.96 bits per heavy atom. The number of thiazole rings is 1. The third-order valence-corrected chi connectivity index (χ3v) is 5.58. The fraction of sp³-hybridized carbons (Fsp3) is 0.474. The lowest BCUT2D eigenvalue weighted by Gasteiger charge is -2.27. The van der Waals surface area contributed by atoms with Crippen molar-refractivity contribution in [1.29, 1.82) is 0 Å². The van der Waals surface area contributed by atoms with Gasteiger partial charge in [0.05, 0.1) is 5.69 Å². The number of carbonyl (C=O) groups excluding carboxylic acids is 1. The number of benzene rings is 1. The smallest absolute Gasteiger partial charge is 0.226 e. The van der Waals surface area contributed by atoms with Crippen molar-refractivity contribution < 1.29 is 4.79 Å². The van der Waals surface area contributed by atoms with Crippen molar-refractivity contribution in [2.75, 3.05) is 18.4 Å². The summed E-state index contributed by atoms with van der Waals surface area (Å²) in [4.78, 5) is 16.9. The standard InChI is InChI=1S/C19H25N3OS.ClH/c1-13-6-3-4-8-16(13)17-12-24-19(21-17)22-18(23)10-14(2)15-7-5-9-20-11-15;/h3-4,6,8,12,14-15,20H,5,7,9-11H2,1-2H3,(H,21,22,23);1H. The first-order chi connectivity index (χ1) is 11.6. The van der Waals surface area contributed by atoms with Gasteiger partial charge in [0.2, 0.25) is 5.91 Å². The van der Waals surface area contributed by atoms with Crippen LogP contribution in [0.15, 0.2) is 29.6 Å². The molecule has 1 aliphatic rings. The van der Waals surface area contributed by atoms with Gasteiger partial charge in [-0.1, -0.05) is 31.2 Å². The van der Waals surface area contributed by atoms with Crippen LogP contribution in [0.3, 0.4) is 0 Å². The van der Waals surface area contributed by atoms with Crippen molar-refractivity contribution in [1.82, 2.24) is 10.3 Å². The van der Waals surface area contributed by atoms with Gasteiger partial charge in [-0.3, -0.25) is 4.79 Å². The number of nitrogens with zero attached hydrogens (tertiary/aromatic N) is 1. The lowest BCUT2D eigenvalue weighted by atomic mass is 9.85. The zero-order chi connectivity index (χ0) is 16.9. The highest BCUT2D eigenvalue weighted by Gasteiger charge is 2.22. The minimum Gasteiger partial charge on any atom is -0.316 e. The zero-order valence-electron chi connectivity index (χ0n) is 14.7. The number of aryl methyl sites for hydroxylation is 1. The van der Waals surface area contributed by atoms with Gasteiger partial charge >= 0.3 is 0 Å². The Morgan fingerprint density at radius 1 is 1.44 bits per heavy atom. The van der Waals surface area contributed by atoms with E-state index in [9.17, 15) is 4.79 Å². The summed E-state index contributed by atoms with van der Waals surface area (Å²) >= 11 is 1.49. The maximum Gasteiger partial charge on any atom is 0.226 e. The molecule has 2 atom stereocenters. The van der Waals surface area contributed by atoms with Crippen LogP contribution in [-0.4, -0.2) is 24.0 Å². The van der Waals surface area contributed by atoms with Gasteiger partial charge in [-0.2, -0.15) is 0 Å². The summed E-state index contributed by atoms with van der Waals surface area (Å²) in [5.74, 6) is 1.07. The third kappa shape index (κ3) is 5.27. The van der Waals surface area contributed by atoms with E-state index >= 15 is 0 Å². The van der Waals surface area contributed by atoms with Crippen LogP contribution in [0, 0.1) is 18.8 Å². The van der Waals surface area contributed by atoms with E-state index < -0.39 is 0 Å². The second-order valence-corrected chi connectivity index (χ2v) is 7.55. The van der Waals surface area contributed by atoms with Crippen molar-refractivity contribution >= 4 is 34.8 Å². The number of piperidine rings is 1. The summed E-state index contributed by atoms with van der Waals surface area (Å²) in [6.07, 6.45) is 2.99. The highest BCUT2D eigenvalue weighted by molar-refractivity contribution is 7.14. The Bertz CT molecular complexity index is 697. The number of carbonyl (C=O) groups is 1. The molecular weight excluding hydrogens is 354 g/mol. The molecule has 0 saturated carbocycles. The van der Waals surface area contributed by atoms with Crippen LogP contribution < -0.4 is 10.6 Å². The number of aromatic nitrogens is 1. The predicted octanol–water partition coefficient (Wildman–Crippen LogP) is 4.50. The van der Waals surface area contributed by atoms with Crippen molar-refractivity contribution in [3.8, 4) is 11.3 Å². The maximum atomic E-state index is 12.3. The average Bonchev–Trinajstić information content (AvgIpc) is 3.04. The number of anilines is 1. The molecule has 0 aliphatic carbocycles. The normalized spacial score (nSPS) is 18.2. The first kappa shape index (κ1) is 19.9. The van der Waals surface area contributed by atoms with Crippen LogP contribution in [0.4, 0.5) is 5.13 Å². The quantitative estimate of drug-likeness (QED) is 0.803. The minimum absolute atomic E-state index is 0. The first-order valence-electron chi connectivity index (χ1n) is 8.65. The van der Waals surface area contributed by atoms with Crippen molar-refractivity contribution in [3.63, 3.8) is 0 Å². The fourth-order valence-corrected chi connectivity index (χ4v) is 4.04. The van der Waals surface area contributed by atoms with E-state index in [0.717, 1.165) is 24.3 Å². The van der Waals surface area contributed by atoms with Gasteiger partial charge in [0.1, 0.15) is 0 Å². The molecule has 1 fully saturated rings. The van der Waals surface area contributed by atoms with Crippen molar-refractivity contribution in [2.45, 2.75) is 33.1 Å². The molecule has 0 spiro atoms. The molecule has 1 aromatic heterocycles. The summed E-state index contributed by atoms with van der Waals surface area (Å²) in [6.45, 7) is 6.39. The topological polar surface area (TPSA) is 54.0 Å². The van der Waals surface area contributed by atoms with E-state index in [0.29, 0.717) is 23.4 Å². The summed E-state index contributed by atoms with van der Waals surface area (Å²) in [5, 5.41) is 9.09. The molecule has 6 heteroatoms. The van der Waals surface area contributed by atoms with Crippen LogP contribution in [0.5, 0.6) is 0 Å². The van der Waals surface area contributed by atoms with Gasteiger partial charge in [-0.15, -0.1) is 23.7 Å². The lowest BCUT2D eigenvalue weighted by Crippen LogP contribution is -2.34. The fourth-order valence-electron chi connectivity index (χ4n) is 3.31. The molecule has 2 heterocycles. The molecule has 2 unspecified atom stereocenters. The van der Waals surface area contributed by atoms with Crippen LogP contribution in [0.1, 0.15) is 31.7 Å². The second kappa shape index (κ2) is 9.32. The highest BCUT2D eigenvalue weighted by atomic mass is 35.5. The van der Waals surface area contributed by atoms with Gasteiger partial charge in [-0.05, 0) is 50.3 Å². The Balaban J connectivity index is 0.00000225. The van der Waals surface area contributed by atoms with Crippen LogP contribution in [0.2, 0.25) is 0 Å². The average molecular weight is 380 g/mol. The van der Waals surface area contributed by atoms with E-state index in [2.05, 4.69) is 41.6 Å². The molecule has 1 amide bonds. The van der Waals surface area contributed by atoms with Crippen LogP contribution in [-0.2, 0) is 4.79 Å². The van der Waals surface area contributed by atoms with Crippen molar-refractivity contribution in [3.05, 3.63) is 35.2 Å². The number of hydrogen-bond donors (Lipinski definition) is 2. The minimum atomic E-state index is 0. The highest BCUT2D eigenvalue weighted by Crippen LogP contribution is 2.28. The number of amides is 1. The van der Waals surface area contributed by atoms with E-state index in [4.69, 9.17) is 0 Å². The summed E-state index contributed by atoms with van der Waals surface area (Å²) in [6, 6.07) is 8.18. The number of hydrogen-bond acceptors (Lipinski definition) is 4. The molecule has 1 saturated heterocycles. The van der Waals surface area contributed by atoms with Crippen LogP contribution >= 0.6 is 23.7 Å². The van der Waals surface area contributed by atoms with E-state index in [1.54, 1.807) is 0 Å². The Hall–Kier alpha value is -1.43. The van der Waals surface area contributed by atoms with Gasteiger partial charge in [0.25, 0.3) is 0 Å². The first-order valence-corrected chi connectivity index (χ1v) is 9.53.